The predicted octanol–water partition coefficient (Wildman–Crippen LogP) is 5.06. The van der Waals surface area contributed by atoms with E-state index in [1.54, 1.807) is 18.2 Å². The Morgan fingerprint density at radius 2 is 1.70 bits per heavy atom. The summed E-state index contributed by atoms with van der Waals surface area (Å²) in [6, 6.07) is 14.7. The molecule has 30 heavy (non-hydrogen) atoms. The summed E-state index contributed by atoms with van der Waals surface area (Å²) in [5.41, 5.74) is 0.484. The Morgan fingerprint density at radius 3 is 2.40 bits per heavy atom. The SMILES string of the molecule is O=C(Nc1ccccc1NS(=O)(=O)c1ccc(F)cc1)c1cnc(-c2cccs2)s1. The van der Waals surface area contributed by atoms with E-state index < -0.39 is 21.7 Å². The average molecular weight is 460 g/mol. The van der Waals surface area contributed by atoms with E-state index >= 15 is 0 Å². The number of aromatic nitrogens is 1. The molecule has 0 saturated carbocycles. The van der Waals surface area contributed by atoms with E-state index in [1.165, 1.54) is 47.1 Å². The quantitative estimate of drug-likeness (QED) is 0.422. The molecule has 0 atom stereocenters. The molecule has 10 heteroatoms. The van der Waals surface area contributed by atoms with Crippen molar-refractivity contribution in [3.05, 3.63) is 82.9 Å². The lowest BCUT2D eigenvalue weighted by Gasteiger charge is -2.13. The molecule has 0 aliphatic heterocycles. The number of hydrogen-bond acceptors (Lipinski definition) is 6. The van der Waals surface area contributed by atoms with Crippen LogP contribution in [-0.2, 0) is 10.0 Å². The number of hydrogen-bond donors (Lipinski definition) is 2. The molecule has 4 aromatic rings. The van der Waals surface area contributed by atoms with Crippen LogP contribution in [-0.4, -0.2) is 19.3 Å². The molecular formula is C20H14FN3O3S3. The van der Waals surface area contributed by atoms with Crippen molar-refractivity contribution in [2.45, 2.75) is 4.90 Å². The summed E-state index contributed by atoms with van der Waals surface area (Å²) in [5.74, 6) is -0.933. The van der Waals surface area contributed by atoms with E-state index in [9.17, 15) is 17.6 Å². The van der Waals surface area contributed by atoms with Crippen LogP contribution >= 0.6 is 22.7 Å². The standard InChI is InChI=1S/C20H14FN3O3S3/c21-13-7-9-14(10-8-13)30(26,27)24-16-5-2-1-4-15(16)23-19(25)18-12-22-20(29-18)17-6-3-11-28-17/h1-12,24H,(H,23,25). The Morgan fingerprint density at radius 1 is 0.967 bits per heavy atom. The van der Waals surface area contributed by atoms with Gasteiger partial charge in [-0.2, -0.15) is 0 Å². The van der Waals surface area contributed by atoms with Gasteiger partial charge >= 0.3 is 0 Å². The van der Waals surface area contributed by atoms with Crippen LogP contribution in [0, 0.1) is 5.82 Å². The summed E-state index contributed by atoms with van der Waals surface area (Å²) in [4.78, 5) is 18.2. The molecule has 0 saturated heterocycles. The Balaban J connectivity index is 1.55. The summed E-state index contributed by atoms with van der Waals surface area (Å²) < 4.78 is 40.7. The van der Waals surface area contributed by atoms with Gasteiger partial charge in [-0.3, -0.25) is 9.52 Å². The highest BCUT2D eigenvalue weighted by Crippen LogP contribution is 2.30. The van der Waals surface area contributed by atoms with Crippen LogP contribution in [0.4, 0.5) is 15.8 Å². The van der Waals surface area contributed by atoms with Gasteiger partial charge in [-0.15, -0.1) is 22.7 Å². The minimum absolute atomic E-state index is 0.0897. The molecule has 0 spiro atoms. The molecule has 2 heterocycles. The van der Waals surface area contributed by atoms with E-state index in [4.69, 9.17) is 0 Å². The first-order valence-corrected chi connectivity index (χ1v) is 11.8. The first kappa shape index (κ1) is 20.2. The van der Waals surface area contributed by atoms with E-state index in [2.05, 4.69) is 15.0 Å². The topological polar surface area (TPSA) is 88.2 Å². The van der Waals surface area contributed by atoms with Crippen molar-refractivity contribution in [2.75, 3.05) is 10.0 Å². The Bertz CT molecular complexity index is 1280. The zero-order valence-corrected chi connectivity index (χ0v) is 17.7. The lowest BCUT2D eigenvalue weighted by Crippen LogP contribution is -2.16. The predicted molar refractivity (Wildman–Crippen MR) is 117 cm³/mol. The molecule has 152 valence electrons. The third-order valence-corrected chi connectivity index (χ3v) is 7.42. The van der Waals surface area contributed by atoms with Crippen molar-refractivity contribution >= 4 is 50.0 Å². The summed E-state index contributed by atoms with van der Waals surface area (Å²) in [7, 11) is -3.95. The number of thiazole rings is 1. The minimum atomic E-state index is -3.95. The number of amides is 1. The zero-order chi connectivity index (χ0) is 21.1. The van der Waals surface area contributed by atoms with Crippen LogP contribution in [0.2, 0.25) is 0 Å². The zero-order valence-electron chi connectivity index (χ0n) is 15.2. The van der Waals surface area contributed by atoms with Crippen molar-refractivity contribution in [3.63, 3.8) is 0 Å². The highest BCUT2D eigenvalue weighted by atomic mass is 32.2. The molecular weight excluding hydrogens is 445 g/mol. The Kier molecular flexibility index (Phi) is 5.62. The molecule has 0 unspecified atom stereocenters. The van der Waals surface area contributed by atoms with Crippen molar-refractivity contribution in [2.24, 2.45) is 0 Å². The van der Waals surface area contributed by atoms with Crippen molar-refractivity contribution in [1.29, 1.82) is 0 Å². The number of halogens is 1. The first-order valence-electron chi connectivity index (χ1n) is 8.61. The Hall–Kier alpha value is -3.08. The largest absolute Gasteiger partial charge is 0.319 e. The molecule has 0 radical (unpaired) electrons. The molecule has 6 nitrogen and oxygen atoms in total. The second-order valence-electron chi connectivity index (χ2n) is 6.07. The fraction of sp³-hybridized carbons (Fsp3) is 0. The van der Waals surface area contributed by atoms with Crippen LogP contribution in [0.25, 0.3) is 9.88 Å². The number of thiophene rings is 1. The van der Waals surface area contributed by atoms with E-state index in [1.807, 2.05) is 17.5 Å². The maximum Gasteiger partial charge on any atom is 0.267 e. The number of carbonyl (C=O) groups is 1. The lowest BCUT2D eigenvalue weighted by atomic mass is 10.2. The third kappa shape index (κ3) is 4.40. The molecule has 0 aliphatic carbocycles. The van der Waals surface area contributed by atoms with E-state index in [0.717, 1.165) is 22.0 Å². The van der Waals surface area contributed by atoms with Gasteiger partial charge in [-0.25, -0.2) is 17.8 Å². The number of sulfonamides is 1. The molecule has 2 N–H and O–H groups in total. The van der Waals surface area contributed by atoms with E-state index in [0.29, 0.717) is 10.6 Å². The number of nitrogens with zero attached hydrogens (tertiary/aromatic N) is 1. The van der Waals surface area contributed by atoms with Gasteiger partial charge in [0.1, 0.15) is 15.7 Å². The molecule has 2 aromatic heterocycles. The van der Waals surface area contributed by atoms with Gasteiger partial charge in [0.15, 0.2) is 0 Å². The molecule has 0 bridgehead atoms. The maximum atomic E-state index is 13.1. The summed E-state index contributed by atoms with van der Waals surface area (Å²) in [6.45, 7) is 0. The van der Waals surface area contributed by atoms with Gasteiger partial charge in [0.2, 0.25) is 0 Å². The number of nitrogens with one attached hydrogen (secondary N) is 2. The molecule has 4 rings (SSSR count). The fourth-order valence-electron chi connectivity index (χ4n) is 2.58. The van der Waals surface area contributed by atoms with Crippen LogP contribution in [0.1, 0.15) is 9.67 Å². The van der Waals surface area contributed by atoms with E-state index in [-0.39, 0.29) is 10.6 Å². The number of rotatable bonds is 6. The molecule has 0 aliphatic rings. The number of anilines is 2. The maximum absolute atomic E-state index is 13.1. The molecule has 1 amide bonds. The van der Waals surface area contributed by atoms with Crippen LogP contribution in [0.15, 0.2) is 77.1 Å². The van der Waals surface area contributed by atoms with Crippen LogP contribution < -0.4 is 10.0 Å². The van der Waals surface area contributed by atoms with Gasteiger partial charge in [-0.1, -0.05) is 18.2 Å². The van der Waals surface area contributed by atoms with Crippen LogP contribution in [0.3, 0.4) is 0 Å². The van der Waals surface area contributed by atoms with Gasteiger partial charge in [-0.05, 0) is 47.8 Å². The normalized spacial score (nSPS) is 11.2. The fourth-order valence-corrected chi connectivity index (χ4v) is 5.27. The van der Waals surface area contributed by atoms with Crippen molar-refractivity contribution in [1.82, 2.24) is 4.98 Å². The second-order valence-corrected chi connectivity index (χ2v) is 9.73. The van der Waals surface area contributed by atoms with Gasteiger partial charge < -0.3 is 5.32 Å². The second kappa shape index (κ2) is 8.34. The molecule has 0 fully saturated rings. The number of carbonyl (C=O) groups excluding carboxylic acids is 1. The van der Waals surface area contributed by atoms with Crippen molar-refractivity contribution < 1.29 is 17.6 Å². The number of para-hydroxylation sites is 2. The minimum Gasteiger partial charge on any atom is -0.319 e. The van der Waals surface area contributed by atoms with Crippen LogP contribution in [0.5, 0.6) is 0 Å². The highest BCUT2D eigenvalue weighted by Gasteiger charge is 2.18. The summed E-state index contributed by atoms with van der Waals surface area (Å²) >= 11 is 2.78. The lowest BCUT2D eigenvalue weighted by molar-refractivity contribution is 0.103. The van der Waals surface area contributed by atoms with Gasteiger partial charge in [0.25, 0.3) is 15.9 Å². The Labute approximate surface area is 180 Å². The average Bonchev–Trinajstić information content (AvgIpc) is 3.41. The summed E-state index contributed by atoms with van der Waals surface area (Å²) in [5, 5.41) is 5.38. The monoisotopic (exact) mass is 459 g/mol. The van der Waals surface area contributed by atoms with Crippen molar-refractivity contribution in [3.8, 4) is 9.88 Å². The van der Waals surface area contributed by atoms with Gasteiger partial charge in [0, 0.05) is 0 Å². The first-order chi connectivity index (χ1) is 14.4. The summed E-state index contributed by atoms with van der Waals surface area (Å²) in [6.07, 6.45) is 1.49. The third-order valence-electron chi connectivity index (χ3n) is 4.00. The smallest absolute Gasteiger partial charge is 0.267 e. The van der Waals surface area contributed by atoms with Gasteiger partial charge in [0.05, 0.1) is 27.3 Å². The number of benzene rings is 2. The molecule has 2 aromatic carbocycles. The highest BCUT2D eigenvalue weighted by molar-refractivity contribution is 7.92.